The first-order chi connectivity index (χ1) is 16.8. The molecule has 0 radical (unpaired) electrons. The van der Waals surface area contributed by atoms with Crippen molar-refractivity contribution >= 4 is 22.6 Å². The molecular formula is C29H52O6Si2. The van der Waals surface area contributed by atoms with Gasteiger partial charge >= 0.3 is 5.97 Å². The van der Waals surface area contributed by atoms with E-state index < -0.39 is 47.3 Å². The average Bonchev–Trinajstić information content (AvgIpc) is 2.76. The number of ether oxygens (including phenoxy) is 3. The molecule has 6 nitrogen and oxygen atoms in total. The minimum atomic E-state index is -2.28. The zero-order valence-electron chi connectivity index (χ0n) is 25.5. The number of benzene rings is 1. The van der Waals surface area contributed by atoms with Gasteiger partial charge in [0, 0.05) is 7.11 Å². The number of carbonyl (C=O) groups excluding carboxylic acids is 1. The Balaban J connectivity index is 2.43. The van der Waals surface area contributed by atoms with Crippen LogP contribution in [0.5, 0.6) is 0 Å². The molecule has 8 heteroatoms. The van der Waals surface area contributed by atoms with Crippen molar-refractivity contribution in [2.75, 3.05) is 7.11 Å². The van der Waals surface area contributed by atoms with E-state index in [0.717, 1.165) is 5.56 Å². The summed E-state index contributed by atoms with van der Waals surface area (Å²) >= 11 is 0. The third-order valence-electron chi connectivity index (χ3n) is 8.47. The molecule has 0 N–H and O–H groups in total. The van der Waals surface area contributed by atoms with Gasteiger partial charge in [0.25, 0.3) is 0 Å². The fraction of sp³-hybridized carbons (Fsp3) is 0.759. The second-order valence-electron chi connectivity index (χ2n) is 13.6. The molecule has 6 atom stereocenters. The standard InChI is InChI=1S/C29H52O6Si2/c1-20(19-22-17-15-14-16-18-22)26(30)33-23-21(2)32-27(31-9)25(35-37(12,13)29(6,7)8)24(23)34-36(10,11)28(3,4)5/h14-18,20-21,23-25,27H,19H2,1-13H3/t20-,21-,23-,24+,25-,27+/m1/s1. The third-order valence-corrected chi connectivity index (χ3v) is 17.4. The number of hydrogen-bond acceptors (Lipinski definition) is 6. The van der Waals surface area contributed by atoms with Crippen LogP contribution in [0.25, 0.3) is 0 Å². The first-order valence-electron chi connectivity index (χ1n) is 13.6. The monoisotopic (exact) mass is 552 g/mol. The highest BCUT2D eigenvalue weighted by Crippen LogP contribution is 2.43. The molecule has 0 saturated carbocycles. The summed E-state index contributed by atoms with van der Waals surface area (Å²) in [5.41, 5.74) is 1.10. The molecule has 2 rings (SSSR count). The summed E-state index contributed by atoms with van der Waals surface area (Å²) in [5.74, 6) is -0.557. The second-order valence-corrected chi connectivity index (χ2v) is 23.1. The maximum Gasteiger partial charge on any atom is 0.309 e. The quantitative estimate of drug-likeness (QED) is 0.244. The predicted octanol–water partition coefficient (Wildman–Crippen LogP) is 6.95. The number of esters is 1. The second kappa shape index (κ2) is 12.0. The Hall–Kier alpha value is -1.04. The van der Waals surface area contributed by atoms with Crippen molar-refractivity contribution in [3.05, 3.63) is 35.9 Å². The zero-order valence-corrected chi connectivity index (χ0v) is 27.5. The van der Waals surface area contributed by atoms with E-state index in [1.54, 1.807) is 7.11 Å². The van der Waals surface area contributed by atoms with Gasteiger partial charge in [-0.05, 0) is 55.2 Å². The summed E-state index contributed by atoms with van der Waals surface area (Å²) in [4.78, 5) is 13.4. The Labute approximate surface area is 228 Å². The predicted molar refractivity (Wildman–Crippen MR) is 155 cm³/mol. The molecular weight excluding hydrogens is 500 g/mol. The van der Waals surface area contributed by atoms with Gasteiger partial charge in [0.05, 0.1) is 12.0 Å². The van der Waals surface area contributed by atoms with Gasteiger partial charge in [-0.15, -0.1) is 0 Å². The molecule has 0 unspecified atom stereocenters. The van der Waals surface area contributed by atoms with Crippen LogP contribution in [-0.2, 0) is 34.3 Å². The Morgan fingerprint density at radius 1 is 0.892 bits per heavy atom. The van der Waals surface area contributed by atoms with Crippen LogP contribution in [0.3, 0.4) is 0 Å². The fourth-order valence-corrected chi connectivity index (χ4v) is 6.50. The van der Waals surface area contributed by atoms with Gasteiger partial charge in [-0.2, -0.15) is 0 Å². The highest BCUT2D eigenvalue weighted by molar-refractivity contribution is 6.74. The molecule has 0 aromatic heterocycles. The van der Waals surface area contributed by atoms with E-state index in [4.69, 9.17) is 23.1 Å². The molecule has 0 aliphatic carbocycles. The Morgan fingerprint density at radius 3 is 1.84 bits per heavy atom. The fourth-order valence-electron chi connectivity index (χ4n) is 3.92. The zero-order chi connectivity index (χ0) is 28.4. The number of methoxy groups -OCH3 is 1. The summed E-state index contributed by atoms with van der Waals surface area (Å²) in [5, 5.41) is -0.0555. The highest BCUT2D eigenvalue weighted by atomic mass is 28.4. The molecule has 1 saturated heterocycles. The largest absolute Gasteiger partial charge is 0.457 e. The van der Waals surface area contributed by atoms with E-state index in [-0.39, 0.29) is 22.0 Å². The Morgan fingerprint density at radius 2 is 1.38 bits per heavy atom. The van der Waals surface area contributed by atoms with Gasteiger partial charge in [-0.25, -0.2) is 0 Å². The van der Waals surface area contributed by atoms with Crippen LogP contribution in [0.1, 0.15) is 61.0 Å². The van der Waals surface area contributed by atoms with Gasteiger partial charge in [-0.1, -0.05) is 78.8 Å². The Bertz CT molecular complexity index is 875. The lowest BCUT2D eigenvalue weighted by Crippen LogP contribution is -2.65. The Kier molecular flexibility index (Phi) is 10.4. The SMILES string of the molecule is CO[C@H]1O[C@H](C)[C@@H](OC(=O)[C@H](C)Cc2ccccc2)[C@H](O[Si](C)(C)C(C)(C)C)[C@H]1O[Si](C)(C)C(C)(C)C. The first-order valence-corrected chi connectivity index (χ1v) is 19.4. The molecule has 1 aliphatic heterocycles. The normalized spacial score (nSPS) is 26.6. The van der Waals surface area contributed by atoms with Crippen LogP contribution in [0, 0.1) is 5.92 Å². The lowest BCUT2D eigenvalue weighted by Gasteiger charge is -2.51. The van der Waals surface area contributed by atoms with Crippen LogP contribution < -0.4 is 0 Å². The average molecular weight is 553 g/mol. The summed E-state index contributed by atoms with van der Waals surface area (Å²) in [6.45, 7) is 26.0. The minimum absolute atomic E-state index is 0.0216. The number of rotatable bonds is 9. The van der Waals surface area contributed by atoms with E-state index >= 15 is 0 Å². The molecule has 1 fully saturated rings. The first kappa shape index (κ1) is 32.2. The van der Waals surface area contributed by atoms with Gasteiger partial charge in [-0.3, -0.25) is 4.79 Å². The van der Waals surface area contributed by atoms with Crippen molar-refractivity contribution in [2.45, 2.75) is 129 Å². The van der Waals surface area contributed by atoms with Crippen LogP contribution >= 0.6 is 0 Å². The number of carbonyl (C=O) groups is 1. The lowest BCUT2D eigenvalue weighted by atomic mass is 9.98. The van der Waals surface area contributed by atoms with Crippen LogP contribution in [0.15, 0.2) is 30.3 Å². The molecule has 0 bridgehead atoms. The van der Waals surface area contributed by atoms with Crippen molar-refractivity contribution in [3.8, 4) is 0 Å². The molecule has 37 heavy (non-hydrogen) atoms. The minimum Gasteiger partial charge on any atom is -0.457 e. The molecule has 1 heterocycles. The van der Waals surface area contributed by atoms with Gasteiger partial charge in [0.1, 0.15) is 12.2 Å². The van der Waals surface area contributed by atoms with Crippen molar-refractivity contribution in [1.82, 2.24) is 0 Å². The van der Waals surface area contributed by atoms with Crippen molar-refractivity contribution in [1.29, 1.82) is 0 Å². The maximum absolute atomic E-state index is 13.4. The van der Waals surface area contributed by atoms with Crippen LogP contribution in [-0.4, -0.2) is 60.4 Å². The summed E-state index contributed by atoms with van der Waals surface area (Å²) in [6.07, 6.45) is -2.04. The molecule has 212 valence electrons. The smallest absolute Gasteiger partial charge is 0.309 e. The van der Waals surface area contributed by atoms with E-state index in [9.17, 15) is 4.79 Å². The van der Waals surface area contributed by atoms with E-state index in [0.29, 0.717) is 6.42 Å². The molecule has 1 aromatic carbocycles. The highest BCUT2D eigenvalue weighted by Gasteiger charge is 2.54. The molecule has 1 aliphatic rings. The van der Waals surface area contributed by atoms with E-state index in [2.05, 4.69) is 67.7 Å². The van der Waals surface area contributed by atoms with Gasteiger partial charge in [0.15, 0.2) is 29.0 Å². The molecule has 0 amide bonds. The van der Waals surface area contributed by atoms with Gasteiger partial charge in [0.2, 0.25) is 0 Å². The topological polar surface area (TPSA) is 63.2 Å². The maximum atomic E-state index is 13.4. The van der Waals surface area contributed by atoms with Crippen molar-refractivity contribution in [2.24, 2.45) is 5.92 Å². The van der Waals surface area contributed by atoms with Crippen LogP contribution in [0.2, 0.25) is 36.3 Å². The van der Waals surface area contributed by atoms with E-state index in [1.165, 1.54) is 0 Å². The summed E-state index contributed by atoms with van der Waals surface area (Å²) in [7, 11) is -2.88. The van der Waals surface area contributed by atoms with Crippen molar-refractivity contribution in [3.63, 3.8) is 0 Å². The molecule has 0 spiro atoms. The summed E-state index contributed by atoms with van der Waals surface area (Å²) in [6, 6.07) is 10.0. The number of hydrogen-bond donors (Lipinski definition) is 0. The lowest BCUT2D eigenvalue weighted by molar-refractivity contribution is -0.283. The summed E-state index contributed by atoms with van der Waals surface area (Å²) < 4.78 is 32.3. The van der Waals surface area contributed by atoms with E-state index in [1.807, 2.05) is 44.2 Å². The van der Waals surface area contributed by atoms with Gasteiger partial charge < -0.3 is 23.1 Å². The van der Waals surface area contributed by atoms with Crippen LogP contribution in [0.4, 0.5) is 0 Å². The van der Waals surface area contributed by atoms with Crippen molar-refractivity contribution < 1.29 is 27.9 Å². The third kappa shape index (κ3) is 7.99. The molecule has 1 aromatic rings.